The van der Waals surface area contributed by atoms with Crippen LogP contribution in [0, 0.1) is 5.92 Å². The standard InChI is InChI=1S/C22H26N6O3S/c1-25-15-21(24-16-25)32(30,31)28-9-7-17(14-28)22(29)27-12-10-26(11-13-27)20-6-8-23-19-5-3-2-4-18(19)20/h2-6,8,15-17H,7,9-14H2,1H3. The lowest BCUT2D eigenvalue weighted by molar-refractivity contribution is -0.135. The van der Waals surface area contributed by atoms with Crippen LogP contribution in [0.1, 0.15) is 6.42 Å². The molecule has 2 saturated heterocycles. The van der Waals surface area contributed by atoms with E-state index in [4.69, 9.17) is 0 Å². The molecule has 5 rings (SSSR count). The largest absolute Gasteiger partial charge is 0.367 e. The summed E-state index contributed by atoms with van der Waals surface area (Å²) in [6.07, 6.45) is 5.33. The summed E-state index contributed by atoms with van der Waals surface area (Å²) in [4.78, 5) is 25.7. The van der Waals surface area contributed by atoms with Crippen molar-refractivity contribution in [2.24, 2.45) is 13.0 Å². The summed E-state index contributed by atoms with van der Waals surface area (Å²) in [6.45, 7) is 3.29. The number of carbonyl (C=O) groups excluding carboxylic acids is 1. The van der Waals surface area contributed by atoms with E-state index in [0.29, 0.717) is 26.1 Å². The first-order valence-electron chi connectivity index (χ1n) is 10.8. The Morgan fingerprint density at radius 2 is 1.81 bits per heavy atom. The van der Waals surface area contributed by atoms with Crippen LogP contribution in [0.3, 0.4) is 0 Å². The van der Waals surface area contributed by atoms with Gasteiger partial charge in [-0.15, -0.1) is 0 Å². The Kier molecular flexibility index (Phi) is 5.34. The summed E-state index contributed by atoms with van der Waals surface area (Å²) >= 11 is 0. The highest BCUT2D eigenvalue weighted by Gasteiger charge is 2.39. The molecule has 168 valence electrons. The zero-order chi connectivity index (χ0) is 22.3. The number of carbonyl (C=O) groups is 1. The molecule has 32 heavy (non-hydrogen) atoms. The molecule has 2 aliphatic rings. The summed E-state index contributed by atoms with van der Waals surface area (Å²) in [7, 11) is -1.93. The molecule has 1 atom stereocenters. The van der Waals surface area contributed by atoms with Gasteiger partial charge in [0.1, 0.15) is 0 Å². The van der Waals surface area contributed by atoms with Crippen molar-refractivity contribution in [1.82, 2.24) is 23.7 Å². The Labute approximate surface area is 187 Å². The lowest BCUT2D eigenvalue weighted by Gasteiger charge is -2.37. The van der Waals surface area contributed by atoms with E-state index < -0.39 is 10.0 Å². The molecule has 2 aliphatic heterocycles. The number of piperazine rings is 1. The molecule has 1 amide bonds. The third kappa shape index (κ3) is 3.73. The zero-order valence-corrected chi connectivity index (χ0v) is 18.8. The molecular weight excluding hydrogens is 428 g/mol. The maximum atomic E-state index is 13.1. The summed E-state index contributed by atoms with van der Waals surface area (Å²) in [5, 5.41) is 1.15. The number of amides is 1. The fraction of sp³-hybridized carbons (Fsp3) is 0.409. The molecule has 1 aromatic carbocycles. The van der Waals surface area contributed by atoms with E-state index >= 15 is 0 Å². The summed E-state index contributed by atoms with van der Waals surface area (Å²) < 4.78 is 28.6. The van der Waals surface area contributed by atoms with Crippen LogP contribution >= 0.6 is 0 Å². The second-order valence-electron chi connectivity index (χ2n) is 8.39. The van der Waals surface area contributed by atoms with E-state index in [2.05, 4.69) is 20.9 Å². The minimum atomic E-state index is -3.66. The molecule has 0 N–H and O–H groups in total. The maximum absolute atomic E-state index is 13.1. The minimum Gasteiger partial charge on any atom is -0.367 e. The molecule has 2 aromatic heterocycles. The Hall–Kier alpha value is -2.98. The van der Waals surface area contributed by atoms with Gasteiger partial charge in [0.2, 0.25) is 5.91 Å². The molecular formula is C22H26N6O3S. The van der Waals surface area contributed by atoms with Gasteiger partial charge in [-0.2, -0.15) is 4.31 Å². The van der Waals surface area contributed by atoms with Crippen LogP contribution < -0.4 is 4.90 Å². The van der Waals surface area contributed by atoms with Gasteiger partial charge in [0.05, 0.1) is 17.8 Å². The number of pyridine rings is 1. The molecule has 2 fully saturated rings. The van der Waals surface area contributed by atoms with E-state index in [1.807, 2.05) is 35.4 Å². The van der Waals surface area contributed by atoms with Crippen molar-refractivity contribution in [3.05, 3.63) is 49.1 Å². The highest BCUT2D eigenvalue weighted by Crippen LogP contribution is 2.28. The number of aryl methyl sites for hydroxylation is 1. The summed E-state index contributed by atoms with van der Waals surface area (Å²) in [5.41, 5.74) is 2.10. The van der Waals surface area contributed by atoms with E-state index in [-0.39, 0.29) is 23.4 Å². The molecule has 10 heteroatoms. The van der Waals surface area contributed by atoms with Crippen LogP contribution in [-0.2, 0) is 21.9 Å². The Bertz CT molecular complexity index is 1240. The molecule has 9 nitrogen and oxygen atoms in total. The van der Waals surface area contributed by atoms with Gasteiger partial charge in [-0.25, -0.2) is 13.4 Å². The summed E-state index contributed by atoms with van der Waals surface area (Å²) in [5.74, 6) is -0.259. The number of imidazole rings is 1. The number of hydrogen-bond donors (Lipinski definition) is 0. The number of sulfonamides is 1. The molecule has 0 spiro atoms. The molecule has 1 unspecified atom stereocenters. The number of rotatable bonds is 4. The minimum absolute atomic E-state index is 0.0336. The van der Waals surface area contributed by atoms with Crippen molar-refractivity contribution in [2.45, 2.75) is 11.4 Å². The van der Waals surface area contributed by atoms with Gasteiger partial charge in [0.15, 0.2) is 5.03 Å². The van der Waals surface area contributed by atoms with Crippen LogP contribution in [0.15, 0.2) is 54.1 Å². The predicted molar refractivity (Wildman–Crippen MR) is 121 cm³/mol. The van der Waals surface area contributed by atoms with Crippen molar-refractivity contribution in [3.63, 3.8) is 0 Å². The quantitative estimate of drug-likeness (QED) is 0.591. The average molecular weight is 455 g/mol. The molecule has 0 saturated carbocycles. The average Bonchev–Trinajstić information content (AvgIpc) is 3.49. The topological polar surface area (TPSA) is 91.6 Å². The number of nitrogens with zero attached hydrogens (tertiary/aromatic N) is 6. The highest BCUT2D eigenvalue weighted by atomic mass is 32.2. The summed E-state index contributed by atoms with van der Waals surface area (Å²) in [6, 6.07) is 10.1. The number of fused-ring (bicyclic) bond motifs is 1. The van der Waals surface area contributed by atoms with E-state index in [1.165, 1.54) is 16.8 Å². The van der Waals surface area contributed by atoms with Gasteiger partial charge in [-0.3, -0.25) is 9.78 Å². The maximum Gasteiger partial charge on any atom is 0.262 e. The van der Waals surface area contributed by atoms with Crippen molar-refractivity contribution < 1.29 is 13.2 Å². The van der Waals surface area contributed by atoms with Crippen molar-refractivity contribution >= 4 is 32.5 Å². The first kappa shape index (κ1) is 20.9. The van der Waals surface area contributed by atoms with Crippen LogP contribution in [0.5, 0.6) is 0 Å². The van der Waals surface area contributed by atoms with Gasteiger partial charge < -0.3 is 14.4 Å². The third-order valence-electron chi connectivity index (χ3n) is 6.34. The number of hydrogen-bond acceptors (Lipinski definition) is 6. The van der Waals surface area contributed by atoms with Gasteiger partial charge in [-0.1, -0.05) is 18.2 Å². The van der Waals surface area contributed by atoms with Crippen LogP contribution in [-0.4, -0.2) is 77.3 Å². The van der Waals surface area contributed by atoms with Crippen LogP contribution in [0.2, 0.25) is 0 Å². The Morgan fingerprint density at radius 3 is 2.56 bits per heavy atom. The second-order valence-corrected chi connectivity index (χ2v) is 10.3. The fourth-order valence-corrected chi connectivity index (χ4v) is 6.05. The van der Waals surface area contributed by atoms with E-state index in [9.17, 15) is 13.2 Å². The predicted octanol–water partition coefficient (Wildman–Crippen LogP) is 1.33. The molecule has 0 aliphatic carbocycles. The fourth-order valence-electron chi connectivity index (χ4n) is 4.58. The van der Waals surface area contributed by atoms with Gasteiger partial charge in [-0.05, 0) is 18.6 Å². The van der Waals surface area contributed by atoms with E-state index in [1.54, 1.807) is 11.6 Å². The van der Waals surface area contributed by atoms with Gasteiger partial charge in [0.25, 0.3) is 10.0 Å². The lowest BCUT2D eigenvalue weighted by atomic mass is 10.1. The SMILES string of the molecule is Cn1cnc(S(=O)(=O)N2CCC(C(=O)N3CCN(c4ccnc5ccccc45)CC3)C2)c1. The third-order valence-corrected chi connectivity index (χ3v) is 8.09. The first-order chi connectivity index (χ1) is 15.4. The first-order valence-corrected chi connectivity index (χ1v) is 12.2. The van der Waals surface area contributed by atoms with E-state index in [0.717, 1.165) is 29.7 Å². The lowest BCUT2D eigenvalue weighted by Crippen LogP contribution is -2.50. The molecule has 4 heterocycles. The Balaban J connectivity index is 1.22. The Morgan fingerprint density at radius 1 is 1.03 bits per heavy atom. The van der Waals surface area contributed by atoms with Crippen molar-refractivity contribution in [3.8, 4) is 0 Å². The molecule has 3 aromatic rings. The number of benzene rings is 1. The highest BCUT2D eigenvalue weighted by molar-refractivity contribution is 7.89. The van der Waals surface area contributed by atoms with Crippen LogP contribution in [0.4, 0.5) is 5.69 Å². The number of para-hydroxylation sites is 1. The number of anilines is 1. The molecule has 0 radical (unpaired) electrons. The smallest absolute Gasteiger partial charge is 0.262 e. The van der Waals surface area contributed by atoms with Crippen molar-refractivity contribution in [1.29, 1.82) is 0 Å². The molecule has 0 bridgehead atoms. The zero-order valence-electron chi connectivity index (χ0n) is 18.0. The normalized spacial score (nSPS) is 20.2. The van der Waals surface area contributed by atoms with Gasteiger partial charge >= 0.3 is 0 Å². The van der Waals surface area contributed by atoms with Crippen LogP contribution in [0.25, 0.3) is 10.9 Å². The van der Waals surface area contributed by atoms with Gasteiger partial charge in [0, 0.05) is 69.8 Å². The second kappa shape index (κ2) is 8.18. The monoisotopic (exact) mass is 454 g/mol. The van der Waals surface area contributed by atoms with Crippen molar-refractivity contribution in [2.75, 3.05) is 44.2 Å². The number of aromatic nitrogens is 3.